The van der Waals surface area contributed by atoms with Crippen molar-refractivity contribution < 1.29 is 5.48 Å². The highest BCUT2D eigenvalue weighted by Crippen LogP contribution is 1.48. The highest BCUT2D eigenvalue weighted by Gasteiger charge is 1.63. The summed E-state index contributed by atoms with van der Waals surface area (Å²) < 4.78 is 0. The van der Waals surface area contributed by atoms with Crippen molar-refractivity contribution in [2.24, 2.45) is 10.7 Å². The molecule has 36 valence electrons. The van der Waals surface area contributed by atoms with Crippen molar-refractivity contribution in [3.05, 3.63) is 0 Å². The van der Waals surface area contributed by atoms with E-state index in [1.807, 2.05) is 0 Å². The average Bonchev–Trinajstić information content (AvgIpc) is 1.38. The van der Waals surface area contributed by atoms with Gasteiger partial charge in [0.15, 0.2) is 0 Å². The minimum Gasteiger partial charge on any atom is -0.412 e. The Morgan fingerprint density at radius 1 is 1.83 bits per heavy atom. The second-order valence-electron chi connectivity index (χ2n) is 0.543. The molecule has 0 fully saturated rings. The van der Waals surface area contributed by atoms with Crippen LogP contribution in [0.3, 0.4) is 0 Å². The Bertz CT molecular complexity index is 59.8. The third-order valence-corrected chi connectivity index (χ3v) is 0.170. The first-order chi connectivity index (χ1) is 2.27. The molecule has 0 aliphatic carbocycles. The van der Waals surface area contributed by atoms with Crippen LogP contribution >= 0.6 is 0 Å². The summed E-state index contributed by atoms with van der Waals surface area (Å²) in [5.41, 5.74) is 4.65. The summed E-state index contributed by atoms with van der Waals surface area (Å²) in [5, 5.41) is 6.29. The number of nitrogens with one attached hydrogen (secondary N) is 1. The fourth-order valence-corrected chi connectivity index (χ4v) is 0. The summed E-state index contributed by atoms with van der Waals surface area (Å²) in [6.07, 6.45) is 0. The van der Waals surface area contributed by atoms with E-state index in [4.69, 9.17) is 5.41 Å². The molecular formula is C2H7N3O. The van der Waals surface area contributed by atoms with Crippen LogP contribution in [0.5, 0.6) is 0 Å². The van der Waals surface area contributed by atoms with Crippen molar-refractivity contribution in [1.29, 1.82) is 5.41 Å². The molecule has 0 aromatic heterocycles. The van der Waals surface area contributed by atoms with Crippen LogP contribution in [0.25, 0.3) is 0 Å². The zero-order chi connectivity index (χ0) is 4.28. The first-order valence-corrected chi connectivity index (χ1v) is 1.08. The molecule has 5 N–H and O–H groups in total. The lowest BCUT2D eigenvalue weighted by Crippen LogP contribution is -2.03. The monoisotopic (exact) mass is 89.1 g/mol. The number of guanidine groups is 1. The predicted octanol–water partition coefficient (Wildman–Crippen LogP) is -1.24. The summed E-state index contributed by atoms with van der Waals surface area (Å²) in [6.45, 7) is 2.96. The molecule has 0 aliphatic rings. The Kier molecular flexibility index (Phi) is 6.10. The van der Waals surface area contributed by atoms with Gasteiger partial charge in [-0.25, -0.2) is 4.99 Å². The van der Waals surface area contributed by atoms with Crippen molar-refractivity contribution in [3.63, 3.8) is 0 Å². The quantitative estimate of drug-likeness (QED) is 0.282. The Balaban J connectivity index is 0. The van der Waals surface area contributed by atoms with Crippen molar-refractivity contribution >= 4 is 12.7 Å². The molecule has 0 radical (unpaired) electrons. The van der Waals surface area contributed by atoms with Gasteiger partial charge in [-0.05, 0) is 6.72 Å². The average molecular weight is 89.1 g/mol. The summed E-state index contributed by atoms with van der Waals surface area (Å²) in [7, 11) is 0. The van der Waals surface area contributed by atoms with Gasteiger partial charge in [0.05, 0.1) is 0 Å². The molecule has 0 aliphatic heterocycles. The van der Waals surface area contributed by atoms with Gasteiger partial charge >= 0.3 is 0 Å². The van der Waals surface area contributed by atoms with Crippen LogP contribution in [-0.2, 0) is 0 Å². The largest absolute Gasteiger partial charge is 0.412 e. The molecule has 0 unspecified atom stereocenters. The maximum Gasteiger partial charge on any atom is 0.211 e. The van der Waals surface area contributed by atoms with Crippen molar-refractivity contribution in [2.45, 2.75) is 0 Å². The van der Waals surface area contributed by atoms with Gasteiger partial charge in [-0.2, -0.15) is 0 Å². The topological polar surface area (TPSA) is 93.7 Å². The van der Waals surface area contributed by atoms with Gasteiger partial charge in [0.2, 0.25) is 5.96 Å². The zero-order valence-corrected chi connectivity index (χ0v) is 3.23. The van der Waals surface area contributed by atoms with Crippen LogP contribution in [0.2, 0.25) is 0 Å². The molecule has 0 spiro atoms. The molecule has 4 heteroatoms. The molecule has 0 rings (SSSR count). The molecule has 0 aromatic rings. The Hall–Kier alpha value is -0.900. The Morgan fingerprint density at radius 2 is 2.00 bits per heavy atom. The third-order valence-electron chi connectivity index (χ3n) is 0.170. The smallest absolute Gasteiger partial charge is 0.211 e. The van der Waals surface area contributed by atoms with E-state index in [0.29, 0.717) is 0 Å². The van der Waals surface area contributed by atoms with Crippen LogP contribution in [0.4, 0.5) is 0 Å². The molecule has 0 bridgehead atoms. The van der Waals surface area contributed by atoms with Gasteiger partial charge in [-0.1, -0.05) is 0 Å². The fraction of sp³-hybridized carbons (Fsp3) is 0. The molecule has 0 heterocycles. The number of rotatable bonds is 0. The summed E-state index contributed by atoms with van der Waals surface area (Å²) in [5.74, 6) is -0.231. The minimum absolute atomic E-state index is 0. The summed E-state index contributed by atoms with van der Waals surface area (Å²) in [4.78, 5) is 3.00. The SMILES string of the molecule is C=NC(=N)N.O. The van der Waals surface area contributed by atoms with Gasteiger partial charge in [-0.15, -0.1) is 0 Å². The fourth-order valence-electron chi connectivity index (χ4n) is 0. The molecule has 0 aromatic carbocycles. The van der Waals surface area contributed by atoms with Crippen LogP contribution in [0.15, 0.2) is 4.99 Å². The van der Waals surface area contributed by atoms with Crippen LogP contribution in [0, 0.1) is 5.41 Å². The first-order valence-electron chi connectivity index (χ1n) is 1.08. The van der Waals surface area contributed by atoms with Gasteiger partial charge in [0.1, 0.15) is 0 Å². The molecule has 4 nitrogen and oxygen atoms in total. The second-order valence-corrected chi connectivity index (χ2v) is 0.543. The first kappa shape index (κ1) is 8.92. The van der Waals surface area contributed by atoms with E-state index >= 15 is 0 Å². The molecule has 0 atom stereocenters. The van der Waals surface area contributed by atoms with Gasteiger partial charge < -0.3 is 11.2 Å². The number of nitrogens with zero attached hydrogens (tertiary/aromatic N) is 1. The Labute approximate surface area is 35.5 Å². The van der Waals surface area contributed by atoms with Crippen LogP contribution < -0.4 is 5.73 Å². The van der Waals surface area contributed by atoms with E-state index in [9.17, 15) is 0 Å². The van der Waals surface area contributed by atoms with E-state index in [2.05, 4.69) is 17.4 Å². The Morgan fingerprint density at radius 3 is 2.00 bits per heavy atom. The predicted molar refractivity (Wildman–Crippen MR) is 25.1 cm³/mol. The lowest BCUT2D eigenvalue weighted by Gasteiger charge is -1.71. The van der Waals surface area contributed by atoms with Crippen LogP contribution in [0.1, 0.15) is 0 Å². The van der Waals surface area contributed by atoms with Crippen molar-refractivity contribution in [3.8, 4) is 0 Å². The number of hydrogen-bond acceptors (Lipinski definition) is 1. The van der Waals surface area contributed by atoms with Crippen molar-refractivity contribution in [2.75, 3.05) is 0 Å². The third kappa shape index (κ3) is 11.3. The lowest BCUT2D eigenvalue weighted by molar-refractivity contribution is 0.824. The summed E-state index contributed by atoms with van der Waals surface area (Å²) in [6, 6.07) is 0. The maximum atomic E-state index is 6.29. The number of aliphatic imine (C=N–C) groups is 1. The molecule has 0 amide bonds. The second kappa shape index (κ2) is 4.10. The van der Waals surface area contributed by atoms with Gasteiger partial charge in [0, 0.05) is 0 Å². The van der Waals surface area contributed by atoms with E-state index in [-0.39, 0.29) is 11.4 Å². The number of nitrogens with two attached hydrogens (primary N) is 1. The standard InChI is InChI=1S/C2H5N3.H2O/c1-5-2(3)4;/h1H2,(H3,3,4);1H2. The lowest BCUT2D eigenvalue weighted by atomic mass is 11.1. The van der Waals surface area contributed by atoms with Gasteiger partial charge in [0.25, 0.3) is 0 Å². The molecule has 6 heavy (non-hydrogen) atoms. The number of hydrogen-bond donors (Lipinski definition) is 2. The van der Waals surface area contributed by atoms with E-state index in [1.165, 1.54) is 0 Å². The summed E-state index contributed by atoms with van der Waals surface area (Å²) >= 11 is 0. The van der Waals surface area contributed by atoms with E-state index < -0.39 is 0 Å². The van der Waals surface area contributed by atoms with E-state index in [1.54, 1.807) is 0 Å². The zero-order valence-electron chi connectivity index (χ0n) is 3.23. The molecular weight excluding hydrogens is 82.0 g/mol. The molecule has 0 saturated carbocycles. The normalized spacial score (nSPS) is 5.33. The highest BCUT2D eigenvalue weighted by molar-refractivity contribution is 5.78. The minimum atomic E-state index is -0.231. The van der Waals surface area contributed by atoms with Crippen molar-refractivity contribution in [1.82, 2.24) is 0 Å². The molecule has 0 saturated heterocycles. The van der Waals surface area contributed by atoms with Gasteiger partial charge in [-0.3, -0.25) is 5.41 Å². The van der Waals surface area contributed by atoms with E-state index in [0.717, 1.165) is 0 Å². The highest BCUT2D eigenvalue weighted by atomic mass is 16.0. The van der Waals surface area contributed by atoms with Crippen LogP contribution in [-0.4, -0.2) is 18.2 Å². The maximum absolute atomic E-state index is 6.29.